The van der Waals surface area contributed by atoms with Crippen molar-refractivity contribution in [3.8, 4) is 11.5 Å². The fourth-order valence-corrected chi connectivity index (χ4v) is 5.83. The van der Waals surface area contributed by atoms with Gasteiger partial charge in [-0.2, -0.15) is 0 Å². The van der Waals surface area contributed by atoms with Gasteiger partial charge >= 0.3 is 12.1 Å². The molecule has 0 saturated carbocycles. The average molecular weight is 655 g/mol. The second-order valence-electron chi connectivity index (χ2n) is 10.8. The van der Waals surface area contributed by atoms with Gasteiger partial charge in [-0.3, -0.25) is 4.79 Å². The van der Waals surface area contributed by atoms with Crippen molar-refractivity contribution in [3.63, 3.8) is 0 Å². The van der Waals surface area contributed by atoms with Crippen molar-refractivity contribution in [1.29, 1.82) is 0 Å². The second kappa shape index (κ2) is 13.3. The van der Waals surface area contributed by atoms with Crippen LogP contribution in [-0.4, -0.2) is 54.3 Å². The molecule has 1 aliphatic heterocycles. The second-order valence-corrected chi connectivity index (χ2v) is 12.6. The van der Waals surface area contributed by atoms with Crippen LogP contribution in [0, 0.1) is 19.8 Å². The highest BCUT2D eigenvalue weighted by Crippen LogP contribution is 2.39. The Hall–Kier alpha value is -3.30. The maximum absolute atomic E-state index is 13.9. The minimum absolute atomic E-state index is 0.0225. The molecule has 0 aliphatic carbocycles. The Labute approximate surface area is 260 Å². The van der Waals surface area contributed by atoms with Crippen molar-refractivity contribution < 1.29 is 28.6 Å². The fourth-order valence-electron chi connectivity index (χ4n) is 5.15. The number of esters is 1. The molecule has 4 rings (SSSR count). The third kappa shape index (κ3) is 7.18. The van der Waals surface area contributed by atoms with E-state index in [9.17, 15) is 14.4 Å². The first kappa shape index (κ1) is 31.6. The molecule has 1 saturated heterocycles. The summed E-state index contributed by atoms with van der Waals surface area (Å²) in [6.07, 6.45) is 1.49. The topological polar surface area (TPSA) is 82.1 Å². The Morgan fingerprint density at radius 2 is 1.60 bits per heavy atom. The third-order valence-corrected chi connectivity index (χ3v) is 8.62. The summed E-state index contributed by atoms with van der Waals surface area (Å²) >= 11 is 5.00. The maximum atomic E-state index is 13.9. The van der Waals surface area contributed by atoms with E-state index in [0.717, 1.165) is 26.1 Å². The lowest BCUT2D eigenvalue weighted by Gasteiger charge is -2.27. The number of Topliss-reactive ketones (excluding diaryl/α,β-unsaturated/α-hetero) is 1. The van der Waals surface area contributed by atoms with Gasteiger partial charge in [0.15, 0.2) is 11.4 Å². The van der Waals surface area contributed by atoms with Crippen LogP contribution >= 0.6 is 27.7 Å². The number of carbonyl (C=O) groups is 3. The number of aryl methyl sites for hydroxylation is 2. The van der Waals surface area contributed by atoms with Crippen LogP contribution < -0.4 is 9.47 Å². The van der Waals surface area contributed by atoms with E-state index in [0.29, 0.717) is 23.6 Å². The van der Waals surface area contributed by atoms with E-state index in [1.54, 1.807) is 61.7 Å². The van der Waals surface area contributed by atoms with Crippen LogP contribution in [0.5, 0.6) is 11.5 Å². The van der Waals surface area contributed by atoms with E-state index in [4.69, 9.17) is 14.2 Å². The molecule has 7 nitrogen and oxygen atoms in total. The molecule has 3 aromatic rings. The molecule has 42 heavy (non-hydrogen) atoms. The van der Waals surface area contributed by atoms with Crippen molar-refractivity contribution in [2.75, 3.05) is 26.0 Å². The Kier molecular flexibility index (Phi) is 10.0. The summed E-state index contributed by atoms with van der Waals surface area (Å²) in [5.74, 6) is -0.173. The number of amides is 1. The zero-order chi connectivity index (χ0) is 30.6. The zero-order valence-corrected chi connectivity index (χ0v) is 27.1. The van der Waals surface area contributed by atoms with Crippen LogP contribution in [0.25, 0.3) is 0 Å². The third-order valence-electron chi connectivity index (χ3n) is 7.34. The molecule has 0 aromatic heterocycles. The lowest BCUT2D eigenvalue weighted by atomic mass is 9.82. The van der Waals surface area contributed by atoms with Gasteiger partial charge in [-0.15, -0.1) is 11.8 Å². The molecule has 1 aliphatic rings. The number of nitrogens with zero attached hydrogens (tertiary/aromatic N) is 1. The predicted molar refractivity (Wildman–Crippen MR) is 168 cm³/mol. The van der Waals surface area contributed by atoms with Crippen molar-refractivity contribution in [3.05, 3.63) is 87.4 Å². The molecule has 0 N–H and O–H groups in total. The monoisotopic (exact) mass is 653 g/mol. The van der Waals surface area contributed by atoms with E-state index in [1.165, 1.54) is 0 Å². The van der Waals surface area contributed by atoms with Crippen LogP contribution in [0.2, 0.25) is 0 Å². The Morgan fingerprint density at radius 1 is 0.976 bits per heavy atom. The van der Waals surface area contributed by atoms with Gasteiger partial charge in [-0.25, -0.2) is 9.59 Å². The van der Waals surface area contributed by atoms with Gasteiger partial charge in [0, 0.05) is 39.9 Å². The largest absolute Gasteiger partial charge is 0.476 e. The zero-order valence-electron chi connectivity index (χ0n) is 24.7. The number of carbonyl (C=O) groups excluding carboxylic acids is 3. The van der Waals surface area contributed by atoms with Crippen LogP contribution in [0.3, 0.4) is 0 Å². The lowest BCUT2D eigenvalue weighted by Crippen LogP contribution is -2.40. The number of ether oxygens (including phenoxy) is 3. The highest BCUT2D eigenvalue weighted by atomic mass is 79.9. The van der Waals surface area contributed by atoms with Crippen molar-refractivity contribution in [1.82, 2.24) is 4.90 Å². The number of thioether (sulfide) groups is 1. The minimum Gasteiger partial charge on any atom is -0.476 e. The van der Waals surface area contributed by atoms with Crippen LogP contribution in [0.15, 0.2) is 70.0 Å². The van der Waals surface area contributed by atoms with Gasteiger partial charge in [0.25, 0.3) is 0 Å². The quantitative estimate of drug-likeness (QED) is 0.134. The Morgan fingerprint density at radius 3 is 2.17 bits per heavy atom. The van der Waals surface area contributed by atoms with E-state index in [1.807, 2.05) is 56.5 Å². The van der Waals surface area contributed by atoms with Crippen LogP contribution in [-0.2, 0) is 9.53 Å². The normalized spacial score (nSPS) is 16.7. The van der Waals surface area contributed by atoms with E-state index in [2.05, 4.69) is 15.9 Å². The summed E-state index contributed by atoms with van der Waals surface area (Å²) < 4.78 is 17.9. The van der Waals surface area contributed by atoms with Gasteiger partial charge in [0.1, 0.15) is 11.5 Å². The summed E-state index contributed by atoms with van der Waals surface area (Å²) in [5, 5.41) is 0. The molecule has 0 unspecified atom stereocenters. The highest BCUT2D eigenvalue weighted by molar-refractivity contribution is 9.10. The summed E-state index contributed by atoms with van der Waals surface area (Å²) in [6, 6.07) is 18.6. The lowest BCUT2D eigenvalue weighted by molar-refractivity contribution is -0.158. The number of rotatable bonds is 9. The smallest absolute Gasteiger partial charge is 0.415 e. The molecular weight excluding hydrogens is 618 g/mol. The number of hydrogen-bond acceptors (Lipinski definition) is 7. The van der Waals surface area contributed by atoms with Crippen LogP contribution in [0.1, 0.15) is 53.7 Å². The fraction of sp³-hybridized carbons (Fsp3) is 0.364. The molecule has 0 bridgehead atoms. The first-order valence-corrected chi connectivity index (χ1v) is 15.8. The molecule has 9 heteroatoms. The van der Waals surface area contributed by atoms with Gasteiger partial charge in [-0.05, 0) is 94.0 Å². The van der Waals surface area contributed by atoms with Crippen LogP contribution in [0.4, 0.5) is 4.79 Å². The summed E-state index contributed by atoms with van der Waals surface area (Å²) in [5.41, 5.74) is 2.01. The SMILES string of the molecule is CCOC(=O)C(C)(C)Oc1c(C)cc([C@H]2CN(C(=O)Oc3ccc(Br)cc3)C[C@@H]2C(=O)c2ccc(SC)cc2)cc1C. The van der Waals surface area contributed by atoms with Crippen molar-refractivity contribution >= 4 is 45.5 Å². The minimum atomic E-state index is -1.17. The molecule has 1 amide bonds. The molecular formula is C33H36BrNO6S. The standard InChI is InChI=1S/C33H36BrNO6S/c1-7-39-31(37)33(4,5)41-30-20(2)16-23(17-21(30)3)27-18-35(32(38)40-25-12-10-24(34)11-13-25)19-28(27)29(36)22-8-14-26(42-6)15-9-22/h8-17,27-28H,7,18-19H2,1-6H3/t27-,28+/m1/s1. The molecule has 0 radical (unpaired) electrons. The predicted octanol–water partition coefficient (Wildman–Crippen LogP) is 7.61. The number of halogens is 1. The number of likely N-dealkylation sites (tertiary alicyclic amines) is 1. The highest BCUT2D eigenvalue weighted by Gasteiger charge is 2.42. The first-order chi connectivity index (χ1) is 19.9. The van der Waals surface area contributed by atoms with E-state index < -0.39 is 23.6 Å². The Balaban J connectivity index is 1.65. The molecule has 0 spiro atoms. The molecule has 1 fully saturated rings. The molecule has 1 heterocycles. The first-order valence-electron chi connectivity index (χ1n) is 13.8. The number of ketones is 1. The number of hydrogen-bond donors (Lipinski definition) is 0. The van der Waals surface area contributed by atoms with Gasteiger partial charge in [0.2, 0.25) is 0 Å². The number of benzene rings is 3. The molecule has 222 valence electrons. The maximum Gasteiger partial charge on any atom is 0.415 e. The molecule has 3 aromatic carbocycles. The van der Waals surface area contributed by atoms with Gasteiger partial charge < -0.3 is 19.1 Å². The summed E-state index contributed by atoms with van der Waals surface area (Å²) in [4.78, 5) is 42.3. The summed E-state index contributed by atoms with van der Waals surface area (Å²) in [7, 11) is 0. The average Bonchev–Trinajstić information content (AvgIpc) is 3.42. The van der Waals surface area contributed by atoms with Gasteiger partial charge in [-0.1, -0.05) is 40.2 Å². The van der Waals surface area contributed by atoms with Crippen molar-refractivity contribution in [2.45, 2.75) is 51.0 Å². The summed E-state index contributed by atoms with van der Waals surface area (Å²) in [6.45, 7) is 9.77. The van der Waals surface area contributed by atoms with E-state index in [-0.39, 0.29) is 24.9 Å². The Bertz CT molecular complexity index is 1430. The van der Waals surface area contributed by atoms with Gasteiger partial charge in [0.05, 0.1) is 6.61 Å². The molecule has 2 atom stereocenters. The van der Waals surface area contributed by atoms with Crippen molar-refractivity contribution in [2.24, 2.45) is 5.92 Å². The van der Waals surface area contributed by atoms with E-state index >= 15 is 0 Å².